The largest absolute Gasteiger partial charge is 0.357 e. The highest BCUT2D eigenvalue weighted by atomic mass is 35.5. The van der Waals surface area contributed by atoms with Crippen molar-refractivity contribution < 1.29 is 18.0 Å². The number of hydrogen-bond acceptors (Lipinski definition) is 4. The van der Waals surface area contributed by atoms with Crippen LogP contribution in [0.4, 0.5) is 5.69 Å². The second kappa shape index (κ2) is 12.5. The molecule has 0 bridgehead atoms. The van der Waals surface area contributed by atoms with Gasteiger partial charge in [-0.1, -0.05) is 72.1 Å². The Balaban J connectivity index is 2.11. The third-order valence-corrected chi connectivity index (χ3v) is 8.58. The molecule has 0 saturated heterocycles. The summed E-state index contributed by atoms with van der Waals surface area (Å²) in [5, 5.41) is 3.07. The first kappa shape index (κ1) is 29.2. The van der Waals surface area contributed by atoms with Crippen LogP contribution in [-0.2, 0) is 26.2 Å². The third-order valence-electron chi connectivity index (χ3n) is 6.44. The Morgan fingerprint density at radius 3 is 2.16 bits per heavy atom. The maximum Gasteiger partial charge on any atom is 0.264 e. The molecule has 0 aliphatic carbocycles. The molecule has 0 heterocycles. The molecule has 0 fully saturated rings. The zero-order chi connectivity index (χ0) is 28.0. The number of rotatable bonds is 10. The average Bonchev–Trinajstić information content (AvgIpc) is 2.88. The van der Waals surface area contributed by atoms with Gasteiger partial charge in [0, 0.05) is 18.6 Å². The van der Waals surface area contributed by atoms with E-state index in [1.165, 1.54) is 24.1 Å². The highest BCUT2D eigenvalue weighted by molar-refractivity contribution is 7.92. The molecule has 1 atom stereocenters. The van der Waals surface area contributed by atoms with Crippen LogP contribution < -0.4 is 9.62 Å². The number of amides is 2. The summed E-state index contributed by atoms with van der Waals surface area (Å²) in [7, 11) is -2.61. The average molecular weight is 556 g/mol. The number of hydrogen-bond donors (Lipinski definition) is 1. The smallest absolute Gasteiger partial charge is 0.264 e. The monoisotopic (exact) mass is 555 g/mol. The summed E-state index contributed by atoms with van der Waals surface area (Å²) >= 11 is 6.39. The minimum Gasteiger partial charge on any atom is -0.357 e. The molecule has 3 rings (SSSR count). The van der Waals surface area contributed by atoms with Gasteiger partial charge in [-0.15, -0.1) is 0 Å². The van der Waals surface area contributed by atoms with Crippen LogP contribution in [0.25, 0.3) is 0 Å². The number of benzene rings is 3. The zero-order valence-electron chi connectivity index (χ0n) is 22.4. The van der Waals surface area contributed by atoms with Crippen molar-refractivity contribution in [3.8, 4) is 0 Å². The van der Waals surface area contributed by atoms with E-state index in [1.807, 2.05) is 32.9 Å². The van der Waals surface area contributed by atoms with Crippen LogP contribution in [0.2, 0.25) is 5.02 Å². The van der Waals surface area contributed by atoms with Gasteiger partial charge in [0.2, 0.25) is 11.8 Å². The van der Waals surface area contributed by atoms with E-state index in [0.717, 1.165) is 15.4 Å². The lowest BCUT2D eigenvalue weighted by atomic mass is 10.1. The quantitative estimate of drug-likeness (QED) is 0.381. The lowest BCUT2D eigenvalue weighted by molar-refractivity contribution is -0.140. The molecular formula is C29H34ClN3O4S. The number of aryl methyl sites for hydroxylation is 3. The van der Waals surface area contributed by atoms with Gasteiger partial charge in [-0.3, -0.25) is 13.9 Å². The topological polar surface area (TPSA) is 86.8 Å². The molecule has 0 radical (unpaired) electrons. The Kier molecular flexibility index (Phi) is 9.57. The van der Waals surface area contributed by atoms with Gasteiger partial charge in [-0.2, -0.15) is 0 Å². The van der Waals surface area contributed by atoms with E-state index in [4.69, 9.17) is 11.6 Å². The van der Waals surface area contributed by atoms with E-state index >= 15 is 0 Å². The van der Waals surface area contributed by atoms with E-state index in [9.17, 15) is 18.0 Å². The first-order valence-corrected chi connectivity index (χ1v) is 14.2. The predicted molar refractivity (Wildman–Crippen MR) is 152 cm³/mol. The van der Waals surface area contributed by atoms with E-state index in [1.54, 1.807) is 49.4 Å². The summed E-state index contributed by atoms with van der Waals surface area (Å²) < 4.78 is 29.0. The molecule has 0 saturated carbocycles. The predicted octanol–water partition coefficient (Wildman–Crippen LogP) is 5.01. The first-order chi connectivity index (χ1) is 18.0. The summed E-state index contributed by atoms with van der Waals surface area (Å²) in [6, 6.07) is 18.2. The standard InChI is InChI=1S/C29H34ClN3O4S/c1-6-26(29(35)31-5)32(18-23-9-7-8-10-25(23)30)28(34)19-33(27-16-13-21(3)17-22(27)4)38(36,37)24-14-11-20(2)12-15-24/h7-17,26H,6,18-19H2,1-5H3,(H,31,35)/t26-/m1/s1. The number of likely N-dealkylation sites (N-methyl/N-ethyl adjacent to an activating group) is 1. The molecule has 1 N–H and O–H groups in total. The molecule has 2 amide bonds. The van der Waals surface area contributed by atoms with Crippen molar-refractivity contribution in [2.75, 3.05) is 17.9 Å². The fourth-order valence-electron chi connectivity index (χ4n) is 4.33. The van der Waals surface area contributed by atoms with E-state index < -0.39 is 28.5 Å². The molecule has 0 aliphatic rings. The van der Waals surface area contributed by atoms with Gasteiger partial charge in [0.05, 0.1) is 10.6 Å². The highest BCUT2D eigenvalue weighted by Gasteiger charge is 2.34. The Bertz CT molecular complexity index is 1410. The van der Waals surface area contributed by atoms with Gasteiger partial charge in [-0.25, -0.2) is 8.42 Å². The summed E-state index contributed by atoms with van der Waals surface area (Å²) in [4.78, 5) is 28.2. The molecule has 3 aromatic carbocycles. The number of nitrogens with zero attached hydrogens (tertiary/aromatic N) is 2. The summed E-state index contributed by atoms with van der Waals surface area (Å²) in [5.41, 5.74) is 3.65. The Labute approximate surface area is 230 Å². The van der Waals surface area contributed by atoms with Crippen LogP contribution >= 0.6 is 11.6 Å². The second-order valence-corrected chi connectivity index (χ2v) is 11.5. The van der Waals surface area contributed by atoms with Gasteiger partial charge in [0.1, 0.15) is 12.6 Å². The summed E-state index contributed by atoms with van der Waals surface area (Å²) in [5.74, 6) is -0.858. The van der Waals surface area contributed by atoms with Crippen molar-refractivity contribution in [1.82, 2.24) is 10.2 Å². The van der Waals surface area contributed by atoms with Crippen LogP contribution in [-0.4, -0.2) is 44.8 Å². The van der Waals surface area contributed by atoms with Gasteiger partial charge in [0.25, 0.3) is 10.0 Å². The second-order valence-electron chi connectivity index (χ2n) is 9.27. The third kappa shape index (κ3) is 6.55. The number of carbonyl (C=O) groups is 2. The molecule has 7 nitrogen and oxygen atoms in total. The number of anilines is 1. The molecule has 38 heavy (non-hydrogen) atoms. The fourth-order valence-corrected chi connectivity index (χ4v) is 6.01. The number of carbonyl (C=O) groups excluding carboxylic acids is 2. The zero-order valence-corrected chi connectivity index (χ0v) is 23.9. The van der Waals surface area contributed by atoms with Crippen molar-refractivity contribution in [2.45, 2.75) is 51.6 Å². The number of halogens is 1. The molecule has 0 aromatic heterocycles. The van der Waals surface area contributed by atoms with Gasteiger partial charge in [-0.05, 0) is 62.6 Å². The van der Waals surface area contributed by atoms with Crippen molar-refractivity contribution in [1.29, 1.82) is 0 Å². The fraction of sp³-hybridized carbons (Fsp3) is 0.310. The Morgan fingerprint density at radius 2 is 1.58 bits per heavy atom. The minimum atomic E-state index is -4.11. The van der Waals surface area contributed by atoms with Crippen LogP contribution in [0.15, 0.2) is 71.6 Å². The number of nitrogens with one attached hydrogen (secondary N) is 1. The van der Waals surface area contributed by atoms with Crippen molar-refractivity contribution in [3.05, 3.63) is 94.0 Å². The van der Waals surface area contributed by atoms with Crippen molar-refractivity contribution in [2.24, 2.45) is 0 Å². The van der Waals surface area contributed by atoms with Crippen molar-refractivity contribution >= 4 is 39.1 Å². The summed E-state index contributed by atoms with van der Waals surface area (Å²) in [6.07, 6.45) is 0.337. The lowest BCUT2D eigenvalue weighted by Crippen LogP contribution is -2.51. The molecule has 3 aromatic rings. The normalized spacial score (nSPS) is 12.1. The minimum absolute atomic E-state index is 0.0513. The first-order valence-electron chi connectivity index (χ1n) is 12.4. The molecule has 0 spiro atoms. The van der Waals surface area contributed by atoms with Crippen LogP contribution in [0, 0.1) is 20.8 Å². The maximum atomic E-state index is 14.0. The molecule has 202 valence electrons. The molecule has 0 unspecified atom stereocenters. The van der Waals surface area contributed by atoms with Crippen LogP contribution in [0.3, 0.4) is 0 Å². The Hall–Kier alpha value is -3.36. The van der Waals surface area contributed by atoms with E-state index in [0.29, 0.717) is 28.3 Å². The summed E-state index contributed by atoms with van der Waals surface area (Å²) in [6.45, 7) is 6.97. The molecule has 9 heteroatoms. The van der Waals surface area contributed by atoms with E-state index in [-0.39, 0.29) is 17.3 Å². The van der Waals surface area contributed by atoms with E-state index in [2.05, 4.69) is 5.32 Å². The molecule has 0 aliphatic heterocycles. The number of sulfonamides is 1. The highest BCUT2D eigenvalue weighted by Crippen LogP contribution is 2.29. The van der Waals surface area contributed by atoms with Gasteiger partial charge in [0.15, 0.2) is 0 Å². The SMILES string of the molecule is CC[C@H](C(=O)NC)N(Cc1ccccc1Cl)C(=O)CN(c1ccc(C)cc1C)S(=O)(=O)c1ccc(C)cc1. The lowest BCUT2D eigenvalue weighted by Gasteiger charge is -2.33. The van der Waals surface area contributed by atoms with Crippen molar-refractivity contribution in [3.63, 3.8) is 0 Å². The molecular weight excluding hydrogens is 522 g/mol. The van der Waals surface area contributed by atoms with Gasteiger partial charge >= 0.3 is 0 Å². The maximum absolute atomic E-state index is 14.0. The van der Waals surface area contributed by atoms with Crippen LogP contribution in [0.1, 0.15) is 35.6 Å². The van der Waals surface area contributed by atoms with Crippen LogP contribution in [0.5, 0.6) is 0 Å². The van der Waals surface area contributed by atoms with Gasteiger partial charge < -0.3 is 10.2 Å². The Morgan fingerprint density at radius 1 is 0.947 bits per heavy atom.